The van der Waals surface area contributed by atoms with Gasteiger partial charge in [-0.2, -0.15) is 9.59 Å². The average Bonchev–Trinajstić information content (AvgIpc) is 1.44. The van der Waals surface area contributed by atoms with Crippen LogP contribution < -0.4 is 0 Å². The van der Waals surface area contributed by atoms with E-state index in [1.54, 1.807) is 22.0 Å². The van der Waals surface area contributed by atoms with Crippen molar-refractivity contribution >= 4 is 87.2 Å². The van der Waals surface area contributed by atoms with Gasteiger partial charge in [-0.25, -0.2) is 24.9 Å². The summed E-state index contributed by atoms with van der Waals surface area (Å²) in [5, 5.41) is 28.9. The van der Waals surface area contributed by atoms with E-state index in [2.05, 4.69) is 240 Å². The molecule has 114 heavy (non-hydrogen) atoms. The lowest BCUT2D eigenvalue weighted by Crippen LogP contribution is -1.97. The largest absolute Gasteiger partial charge is 0.255 e. The Morgan fingerprint density at radius 3 is 0.956 bits per heavy atom. The molecule has 13 nitrogen and oxygen atoms in total. The molecular formula is C101H63N13. The second-order valence-electron chi connectivity index (χ2n) is 28.2. The number of aromatic nitrogens is 13. The number of nitrogens with zero attached hydrogens (tertiary/aromatic N) is 13. The second kappa shape index (κ2) is 28.4. The first-order chi connectivity index (χ1) is 56.5. The van der Waals surface area contributed by atoms with Crippen LogP contribution in [0.2, 0.25) is 0 Å². The molecule has 0 aliphatic rings. The zero-order chi connectivity index (χ0) is 75.4. The number of pyridine rings is 7. The molecule has 0 spiro atoms. The Kier molecular flexibility index (Phi) is 16.5. The van der Waals surface area contributed by atoms with Crippen molar-refractivity contribution in [2.24, 2.45) is 0 Å². The van der Waals surface area contributed by atoms with Gasteiger partial charge in [-0.1, -0.05) is 273 Å². The van der Waals surface area contributed by atoms with Crippen molar-refractivity contribution in [1.82, 2.24) is 64.9 Å². The Morgan fingerprint density at radius 1 is 0.193 bits per heavy atom. The van der Waals surface area contributed by atoms with Gasteiger partial charge in [-0.05, 0) is 130 Å². The van der Waals surface area contributed by atoms with Crippen LogP contribution >= 0.6 is 0 Å². The van der Waals surface area contributed by atoms with E-state index in [-0.39, 0.29) is 0 Å². The third-order valence-electron chi connectivity index (χ3n) is 21.2. The van der Waals surface area contributed by atoms with Gasteiger partial charge in [0.15, 0.2) is 0 Å². The van der Waals surface area contributed by atoms with Crippen LogP contribution in [0.3, 0.4) is 0 Å². The van der Waals surface area contributed by atoms with E-state index >= 15 is 0 Å². The topological polar surface area (TPSA) is 152 Å². The molecule has 9 heterocycles. The maximum Gasteiger partial charge on any atom is 0.122 e. The monoisotopic (exact) mass is 1460 g/mol. The van der Waals surface area contributed by atoms with Crippen LogP contribution in [0, 0.1) is 0 Å². The molecule has 0 radical (unpaired) electrons. The highest BCUT2D eigenvalue weighted by Gasteiger charge is 2.24. The molecule has 0 unspecified atom stereocenters. The quantitative estimate of drug-likeness (QED) is 0.107. The molecule has 0 bridgehead atoms. The molecule has 22 rings (SSSR count). The maximum absolute atomic E-state index is 5.32. The minimum atomic E-state index is 0.802. The number of para-hydroxylation sites is 4. The van der Waals surface area contributed by atoms with E-state index < -0.39 is 0 Å². The van der Waals surface area contributed by atoms with Gasteiger partial charge < -0.3 is 0 Å². The summed E-state index contributed by atoms with van der Waals surface area (Å²) < 4.78 is 0. The number of benzene rings is 13. The number of hydrogen-bond acceptors (Lipinski definition) is 11. The molecule has 0 saturated heterocycles. The number of hydrogen-bond donors (Lipinski definition) is 0. The predicted molar refractivity (Wildman–Crippen MR) is 462 cm³/mol. The van der Waals surface area contributed by atoms with E-state index in [1.165, 1.54) is 0 Å². The molecule has 0 fully saturated rings. The lowest BCUT2D eigenvalue weighted by molar-refractivity contribution is 0.766. The van der Waals surface area contributed by atoms with Crippen molar-refractivity contribution in [2.45, 2.75) is 0 Å². The molecule has 0 atom stereocenters. The fraction of sp³-hybridized carbons (Fsp3) is 0. The molecule has 0 amide bonds. The van der Waals surface area contributed by atoms with Crippen LogP contribution in [0.25, 0.3) is 211 Å². The maximum atomic E-state index is 5.32. The average molecular weight is 1460 g/mol. The molecule has 0 aliphatic heterocycles. The highest BCUT2D eigenvalue weighted by molar-refractivity contribution is 6.25. The number of rotatable bonds is 12. The van der Waals surface area contributed by atoms with Crippen molar-refractivity contribution in [3.63, 3.8) is 0 Å². The smallest absolute Gasteiger partial charge is 0.122 e. The standard InChI is InChI=1S/C52H33N7.C49H30N6/c1-3-13-37(14-4-1)42-33-43-49(52-51(42)57-59(58-52)40-15-5-2-6-16-40)41-17-7-8-18-44(41)56-50(43)38-27-25-35(26-28-38)34-21-23-36(24-22-34)39-31-47(45-19-9-11-29-53-45)55-48(32-39)46-20-10-12-30-54-46;1-4-12-31(13-5-1)39-30-40-44(49-48(39)53-55(54-49)37-16-8-3-9-17-37)38-18-10-11-19-43(38)52-45(40)34-22-20-33(21-23-34)42-29-27-36-25-24-35-26-28-41(32-14-6-2-7-15-32)50-46(35)47(36)51-42/h1-33H;1-30H. The van der Waals surface area contributed by atoms with Crippen LogP contribution in [0.4, 0.5) is 0 Å². The molecule has 0 aliphatic carbocycles. The SMILES string of the molecule is c1ccc(-c2cc3c(-c4ccc(-c5ccc(-c6cc(-c7ccccn7)nc(-c7ccccn7)c6)cc5)cc4)nc4ccccc4c3c3nn(-c4ccccc4)nc23)cc1.c1ccc(-c2ccc3ccc4ccc(-c5ccc(-c6nc7ccccc7c7c6cc(-c6ccccc6)c6nn(-c8ccccc8)nc67)cc5)nc4c3n2)cc1. The van der Waals surface area contributed by atoms with Crippen molar-refractivity contribution < 1.29 is 0 Å². The minimum Gasteiger partial charge on any atom is -0.255 e. The summed E-state index contributed by atoms with van der Waals surface area (Å²) in [4.78, 5) is 38.6. The summed E-state index contributed by atoms with van der Waals surface area (Å²) in [6.07, 6.45) is 3.59. The van der Waals surface area contributed by atoms with E-state index in [1.807, 2.05) is 140 Å². The molecule has 13 heteroatoms. The highest BCUT2D eigenvalue weighted by atomic mass is 15.5. The van der Waals surface area contributed by atoms with Crippen LogP contribution in [0.5, 0.6) is 0 Å². The van der Waals surface area contributed by atoms with Crippen molar-refractivity contribution in [1.29, 1.82) is 0 Å². The summed E-state index contributed by atoms with van der Waals surface area (Å²) in [6, 6.07) is 127. The summed E-state index contributed by atoms with van der Waals surface area (Å²) in [5.74, 6) is 0. The van der Waals surface area contributed by atoms with E-state index in [4.69, 9.17) is 45.3 Å². The first-order valence-electron chi connectivity index (χ1n) is 37.9. The third kappa shape index (κ3) is 12.2. The Balaban J connectivity index is 0.000000144. The fourth-order valence-corrected chi connectivity index (χ4v) is 15.6. The van der Waals surface area contributed by atoms with Crippen LogP contribution in [-0.4, -0.2) is 64.9 Å². The lowest BCUT2D eigenvalue weighted by atomic mass is 9.93. The molecule has 22 aromatic rings. The Bertz CT molecular complexity index is 7340. The van der Waals surface area contributed by atoms with Gasteiger partial charge in [0.1, 0.15) is 22.1 Å². The Hall–Kier alpha value is -15.7. The zero-order valence-electron chi connectivity index (χ0n) is 61.2. The van der Waals surface area contributed by atoms with Gasteiger partial charge in [0, 0.05) is 88.9 Å². The fourth-order valence-electron chi connectivity index (χ4n) is 15.6. The normalized spacial score (nSPS) is 11.5. The summed E-state index contributed by atoms with van der Waals surface area (Å²) in [6.45, 7) is 0. The predicted octanol–water partition coefficient (Wildman–Crippen LogP) is 24.2. The first-order valence-corrected chi connectivity index (χ1v) is 37.9. The van der Waals surface area contributed by atoms with Gasteiger partial charge in [-0.3, -0.25) is 9.97 Å². The zero-order valence-corrected chi connectivity index (χ0v) is 61.2. The summed E-state index contributed by atoms with van der Waals surface area (Å²) in [7, 11) is 0. The summed E-state index contributed by atoms with van der Waals surface area (Å²) >= 11 is 0. The van der Waals surface area contributed by atoms with Gasteiger partial charge in [-0.15, -0.1) is 20.4 Å². The van der Waals surface area contributed by atoms with Crippen molar-refractivity contribution in [2.75, 3.05) is 0 Å². The third-order valence-corrected chi connectivity index (χ3v) is 21.2. The number of fused-ring (bicyclic) bond motifs is 13. The highest BCUT2D eigenvalue weighted by Crippen LogP contribution is 2.45. The van der Waals surface area contributed by atoms with Crippen LogP contribution in [0.15, 0.2) is 382 Å². The van der Waals surface area contributed by atoms with E-state index in [0.717, 1.165) is 211 Å². The Labute approximate surface area is 654 Å². The summed E-state index contributed by atoms with van der Waals surface area (Å²) in [5.41, 5.74) is 28.3. The lowest BCUT2D eigenvalue weighted by Gasteiger charge is -2.13. The molecular weight excluding hydrogens is 1400 g/mol. The van der Waals surface area contributed by atoms with Gasteiger partial charge in [0.25, 0.3) is 0 Å². The molecule has 0 N–H and O–H groups in total. The Morgan fingerprint density at radius 2 is 0.535 bits per heavy atom. The molecule has 532 valence electrons. The van der Waals surface area contributed by atoms with Crippen LogP contribution in [-0.2, 0) is 0 Å². The van der Waals surface area contributed by atoms with Crippen LogP contribution in [0.1, 0.15) is 0 Å². The van der Waals surface area contributed by atoms with Gasteiger partial charge in [0.2, 0.25) is 0 Å². The molecule has 9 aromatic heterocycles. The van der Waals surface area contributed by atoms with Gasteiger partial charge in [0.05, 0.1) is 79.0 Å². The van der Waals surface area contributed by atoms with Crippen molar-refractivity contribution in [3.05, 3.63) is 382 Å². The van der Waals surface area contributed by atoms with Gasteiger partial charge >= 0.3 is 0 Å². The molecule has 0 saturated carbocycles. The molecule has 13 aromatic carbocycles. The van der Waals surface area contributed by atoms with E-state index in [9.17, 15) is 0 Å². The van der Waals surface area contributed by atoms with Crippen molar-refractivity contribution in [3.8, 4) is 124 Å². The van der Waals surface area contributed by atoms with E-state index in [0.29, 0.717) is 0 Å². The minimum absolute atomic E-state index is 0.802. The second-order valence-corrected chi connectivity index (χ2v) is 28.2. The first kappa shape index (κ1) is 66.5.